The number of hydrogen-bond donors (Lipinski definition) is 1. The maximum atomic E-state index is 13.2. The minimum atomic E-state index is -1.60. The molecule has 0 aromatic heterocycles. The number of aromatic hydroxyl groups is 1. The fraction of sp³-hybridized carbons (Fsp3) is 0.500. The monoisotopic (exact) mass is 496 g/mol. The van der Waals surface area contributed by atoms with E-state index in [0.29, 0.717) is 5.56 Å². The SMILES string of the molecule is CO[C@@]1(N=Cc2cc(C(C)C)c(O)c(C(C)C)c2)C(=O)N2C(C(=O)[O-])=C(COC(C)=O)CS[C@@H]21.[Li+]. The number of thioether (sulfide) groups is 1. The molecule has 0 saturated carbocycles. The van der Waals surface area contributed by atoms with Crippen LogP contribution < -0.4 is 24.0 Å². The number of aliphatic imine (C=N–C) groups is 1. The van der Waals surface area contributed by atoms with E-state index < -0.39 is 28.9 Å². The zero-order chi connectivity index (χ0) is 25.4. The van der Waals surface area contributed by atoms with Crippen LogP contribution in [0.1, 0.15) is 63.1 Å². The number of rotatable bonds is 8. The van der Waals surface area contributed by atoms with Gasteiger partial charge in [-0.15, -0.1) is 11.8 Å². The smallest absolute Gasteiger partial charge is 0.543 e. The van der Waals surface area contributed by atoms with Gasteiger partial charge in [-0.2, -0.15) is 0 Å². The van der Waals surface area contributed by atoms with Crippen molar-refractivity contribution >= 4 is 35.8 Å². The van der Waals surface area contributed by atoms with Crippen LogP contribution in [0, 0.1) is 0 Å². The van der Waals surface area contributed by atoms with Crippen molar-refractivity contribution < 1.29 is 52.9 Å². The molecule has 1 aromatic rings. The summed E-state index contributed by atoms with van der Waals surface area (Å²) in [4.78, 5) is 41.7. The van der Waals surface area contributed by atoms with Gasteiger partial charge in [0, 0.05) is 31.6 Å². The van der Waals surface area contributed by atoms with E-state index in [1.54, 1.807) is 0 Å². The van der Waals surface area contributed by atoms with Crippen LogP contribution in [0.5, 0.6) is 5.75 Å². The van der Waals surface area contributed by atoms with Crippen molar-refractivity contribution in [3.05, 3.63) is 40.1 Å². The maximum absolute atomic E-state index is 13.2. The Labute approximate surface area is 221 Å². The summed E-state index contributed by atoms with van der Waals surface area (Å²) in [6, 6.07) is 3.63. The van der Waals surface area contributed by atoms with Crippen molar-refractivity contribution in [1.29, 1.82) is 0 Å². The van der Waals surface area contributed by atoms with E-state index in [1.807, 2.05) is 39.8 Å². The molecule has 1 N–H and O–H groups in total. The number of β-lactam (4-membered cyclic amide) rings is 1. The number of benzene rings is 1. The number of carbonyl (C=O) groups excluding carboxylic acids is 3. The van der Waals surface area contributed by atoms with Gasteiger partial charge < -0.3 is 24.5 Å². The third-order valence-corrected chi connectivity index (χ3v) is 7.24. The predicted octanol–water partition coefficient (Wildman–Crippen LogP) is -1.11. The standard InChI is InChI=1S/C24H30N2O7S.Li/c1-12(2)17-7-15(8-18(13(3)4)20(17)28)9-25-24(32-6)22(31)26-19(21(29)30)16(10-33-14(5)27)11-34-23(24)26;/h7-9,12-13,23,28H,10-11H2,1-6H3,(H,29,30);/q;+1/p-1/t23-,24+;/m1./s1. The Morgan fingerprint density at radius 3 is 2.31 bits per heavy atom. The van der Waals surface area contributed by atoms with E-state index in [2.05, 4.69) is 4.99 Å². The van der Waals surface area contributed by atoms with Gasteiger partial charge in [0.1, 0.15) is 17.7 Å². The second-order valence-corrected chi connectivity index (χ2v) is 9.94. The van der Waals surface area contributed by atoms with Gasteiger partial charge in [0.25, 0.3) is 11.6 Å². The van der Waals surface area contributed by atoms with Gasteiger partial charge in [-0.1, -0.05) is 27.7 Å². The van der Waals surface area contributed by atoms with Crippen molar-refractivity contribution in [2.24, 2.45) is 4.99 Å². The van der Waals surface area contributed by atoms with E-state index in [0.717, 1.165) is 16.0 Å². The summed E-state index contributed by atoms with van der Waals surface area (Å²) < 4.78 is 10.5. The number of carbonyl (C=O) groups is 3. The zero-order valence-electron chi connectivity index (χ0n) is 21.1. The summed E-state index contributed by atoms with van der Waals surface area (Å²) in [6.07, 6.45) is 1.52. The average Bonchev–Trinajstić information content (AvgIpc) is 2.77. The Hall–Kier alpha value is -2.25. The molecule has 9 nitrogen and oxygen atoms in total. The second kappa shape index (κ2) is 11.2. The summed E-state index contributed by atoms with van der Waals surface area (Å²) in [5.41, 5.74) is 0.591. The van der Waals surface area contributed by atoms with Gasteiger partial charge in [-0.25, -0.2) is 4.99 Å². The molecule has 184 valence electrons. The summed E-state index contributed by atoms with van der Waals surface area (Å²) in [7, 11) is 1.35. The van der Waals surface area contributed by atoms with E-state index in [9.17, 15) is 24.6 Å². The number of carboxylic acid groups (broad SMARTS) is 1. The topological polar surface area (TPSA) is 129 Å². The summed E-state index contributed by atoms with van der Waals surface area (Å²) in [5, 5.41) is 21.8. The molecule has 1 fully saturated rings. The molecule has 1 aromatic carbocycles. The molecule has 0 radical (unpaired) electrons. The van der Waals surface area contributed by atoms with Crippen LogP contribution in [-0.2, 0) is 23.9 Å². The molecule has 11 heteroatoms. The second-order valence-electron chi connectivity index (χ2n) is 8.87. The molecule has 2 heterocycles. The van der Waals surface area contributed by atoms with E-state index in [4.69, 9.17) is 9.47 Å². The van der Waals surface area contributed by atoms with Crippen LogP contribution in [0.4, 0.5) is 0 Å². The average molecular weight is 497 g/mol. The molecule has 0 spiro atoms. The molecule has 0 aliphatic carbocycles. The number of hydrogen-bond acceptors (Lipinski definition) is 9. The van der Waals surface area contributed by atoms with E-state index >= 15 is 0 Å². The molecular formula is C24H29LiN2O7S. The van der Waals surface area contributed by atoms with Crippen molar-refractivity contribution in [3.8, 4) is 5.75 Å². The zero-order valence-corrected chi connectivity index (χ0v) is 21.9. The minimum absolute atomic E-state index is 0. The number of aliphatic carboxylic acids is 1. The first-order valence-corrected chi connectivity index (χ1v) is 12.0. The van der Waals surface area contributed by atoms with E-state index in [1.165, 1.54) is 32.0 Å². The quantitative estimate of drug-likeness (QED) is 0.208. The van der Waals surface area contributed by atoms with Gasteiger partial charge >= 0.3 is 24.8 Å². The molecule has 2 atom stereocenters. The number of amides is 1. The third-order valence-electron chi connectivity index (χ3n) is 5.88. The molecule has 1 saturated heterocycles. The number of esters is 1. The molecule has 0 unspecified atom stereocenters. The molecular weight excluding hydrogens is 467 g/mol. The van der Waals surface area contributed by atoms with Crippen molar-refractivity contribution in [2.45, 2.75) is 57.6 Å². The minimum Gasteiger partial charge on any atom is -0.543 e. The predicted molar refractivity (Wildman–Crippen MR) is 125 cm³/mol. The fourth-order valence-corrected chi connectivity index (χ4v) is 5.46. The number of methoxy groups -OCH3 is 1. The molecule has 3 rings (SSSR count). The summed E-state index contributed by atoms with van der Waals surface area (Å²) in [6.45, 7) is 8.88. The van der Waals surface area contributed by atoms with Crippen LogP contribution in [0.25, 0.3) is 0 Å². The van der Waals surface area contributed by atoms with Crippen LogP contribution >= 0.6 is 11.8 Å². The van der Waals surface area contributed by atoms with Gasteiger partial charge in [0.05, 0.1) is 11.7 Å². The van der Waals surface area contributed by atoms with Gasteiger partial charge in [0.15, 0.2) is 0 Å². The number of phenolic OH excluding ortho intramolecular Hbond substituents is 1. The van der Waals surface area contributed by atoms with Crippen LogP contribution in [0.2, 0.25) is 0 Å². The Morgan fingerprint density at radius 2 is 1.86 bits per heavy atom. The van der Waals surface area contributed by atoms with Crippen LogP contribution in [0.15, 0.2) is 28.4 Å². The van der Waals surface area contributed by atoms with Crippen molar-refractivity contribution in [3.63, 3.8) is 0 Å². The molecule has 1 amide bonds. The third kappa shape index (κ3) is 5.31. The Bertz CT molecular complexity index is 1060. The summed E-state index contributed by atoms with van der Waals surface area (Å²) in [5.74, 6) is -2.13. The maximum Gasteiger partial charge on any atom is 1.00 e. The number of fused-ring (bicyclic) bond motifs is 1. The molecule has 2 aliphatic heterocycles. The van der Waals surface area contributed by atoms with Crippen LogP contribution in [0.3, 0.4) is 0 Å². The van der Waals surface area contributed by atoms with Crippen LogP contribution in [-0.4, -0.2) is 64.6 Å². The number of nitrogens with zero attached hydrogens (tertiary/aromatic N) is 2. The normalized spacial score (nSPS) is 21.8. The van der Waals surface area contributed by atoms with Crippen molar-refractivity contribution in [2.75, 3.05) is 19.5 Å². The Kier molecular flexibility index (Phi) is 9.28. The number of phenols is 1. The Balaban J connectivity index is 0.00000432. The van der Waals surface area contributed by atoms with E-state index in [-0.39, 0.29) is 60.1 Å². The number of ether oxygens (including phenoxy) is 2. The molecule has 35 heavy (non-hydrogen) atoms. The fourth-order valence-electron chi connectivity index (χ4n) is 4.05. The largest absolute Gasteiger partial charge is 1.00 e. The molecule has 0 bridgehead atoms. The molecule has 2 aliphatic rings. The first-order valence-electron chi connectivity index (χ1n) is 10.9. The van der Waals surface area contributed by atoms with Gasteiger partial charge in [0.2, 0.25) is 0 Å². The first-order chi connectivity index (χ1) is 15.9. The van der Waals surface area contributed by atoms with Gasteiger partial charge in [-0.3, -0.25) is 14.5 Å². The Morgan fingerprint density at radius 1 is 1.29 bits per heavy atom. The van der Waals surface area contributed by atoms with Gasteiger partial charge in [-0.05, 0) is 40.7 Å². The number of carboxylic acids is 1. The first kappa shape index (κ1) is 29.0. The summed E-state index contributed by atoms with van der Waals surface area (Å²) >= 11 is 1.27. The van der Waals surface area contributed by atoms with Crippen molar-refractivity contribution in [1.82, 2.24) is 4.90 Å².